The van der Waals surface area contributed by atoms with Gasteiger partial charge in [-0.3, -0.25) is 9.59 Å². The average Bonchev–Trinajstić information content (AvgIpc) is 3.59. The fraction of sp³-hybridized carbons (Fsp3) is 0.353. The van der Waals surface area contributed by atoms with Crippen molar-refractivity contribution in [2.45, 2.75) is 79.4 Å². The number of carboxylic acids is 2. The van der Waals surface area contributed by atoms with Crippen molar-refractivity contribution in [3.63, 3.8) is 0 Å². The second kappa shape index (κ2) is 13.1. The molecule has 11 heteroatoms. The number of aliphatic carboxylic acids is 2. The fourth-order valence-corrected chi connectivity index (χ4v) is 6.31. The first-order valence-corrected chi connectivity index (χ1v) is 14.7. The minimum Gasteiger partial charge on any atom is -0.481 e. The first kappa shape index (κ1) is 33.8. The zero-order chi connectivity index (χ0) is 32.0. The number of carboxylic acid groups (broad SMARTS) is 2. The van der Waals surface area contributed by atoms with Crippen LogP contribution in [0.4, 0.5) is 0 Å². The summed E-state index contributed by atoms with van der Waals surface area (Å²) >= 11 is 0. The predicted octanol–water partition coefficient (Wildman–Crippen LogP) is 6.11. The Bertz CT molecular complexity index is 1930. The number of hydrogen-bond donors (Lipinski definition) is 6. The fourth-order valence-electron chi connectivity index (χ4n) is 6.31. The standard InChI is InChI=1S/C34H38N4O6.Ni/c1-15-21(7-9-31(41)42)27-14-28-22(8-10-32(43)44)16(2)24(36-28)12-29-34(20(6)40)18(4)26(38-29)13-30-33(19(5)39)17(3)25(37-30)11-23(15)35-27;/h11-14,19-20,35,38-40H,7-10H2,1-6H3,(H,41,42)(H,43,44);. The number of fused-ring (bicyclic) bond motifs is 8. The molecule has 240 valence electrons. The van der Waals surface area contributed by atoms with E-state index in [9.17, 15) is 30.0 Å². The van der Waals surface area contributed by atoms with Gasteiger partial charge in [-0.1, -0.05) is 0 Å². The third-order valence-electron chi connectivity index (χ3n) is 8.65. The topological polar surface area (TPSA) is 172 Å². The Morgan fingerprint density at radius 1 is 0.689 bits per heavy atom. The summed E-state index contributed by atoms with van der Waals surface area (Å²) in [5.41, 5.74) is 11.7. The summed E-state index contributed by atoms with van der Waals surface area (Å²) in [6.07, 6.45) is -1.16. The zero-order valence-corrected chi connectivity index (χ0v) is 27.1. The number of allylic oxidation sites excluding steroid dienone is 3. The van der Waals surface area contributed by atoms with Crippen molar-refractivity contribution in [3.05, 3.63) is 69.3 Å². The number of H-pyrrole nitrogens is 2. The van der Waals surface area contributed by atoms with Gasteiger partial charge in [-0.05, 0) is 112 Å². The van der Waals surface area contributed by atoms with Crippen molar-refractivity contribution < 1.29 is 46.5 Å². The van der Waals surface area contributed by atoms with Crippen LogP contribution in [0.1, 0.15) is 98.1 Å². The minimum atomic E-state index is -0.917. The van der Waals surface area contributed by atoms with Crippen LogP contribution in [0.3, 0.4) is 0 Å². The smallest absolute Gasteiger partial charge is 0.303 e. The molecule has 6 N–H and O–H groups in total. The molecule has 2 atom stereocenters. The van der Waals surface area contributed by atoms with Crippen LogP contribution in [0, 0.1) is 13.8 Å². The molecule has 0 aliphatic carbocycles. The number of aliphatic hydroxyl groups is 2. The SMILES string of the molecule is CC1=C(CCC(=O)O)c2cc3[nH]c(cc4nc(cc5[nH]c(cc1n2)c(C(C)O)c5C)C(C(C)O)=C4C)c(C)c3CCC(=O)O.[Ni]. The van der Waals surface area contributed by atoms with Crippen LogP contribution >= 0.6 is 0 Å². The van der Waals surface area contributed by atoms with E-state index in [2.05, 4.69) is 9.97 Å². The van der Waals surface area contributed by atoms with E-state index in [-0.39, 0.29) is 42.2 Å². The molecule has 8 bridgehead atoms. The maximum Gasteiger partial charge on any atom is 0.303 e. The van der Waals surface area contributed by atoms with Crippen molar-refractivity contribution in [3.8, 4) is 0 Å². The largest absolute Gasteiger partial charge is 0.481 e. The summed E-state index contributed by atoms with van der Waals surface area (Å²) in [5.74, 6) is -1.83. The molecule has 0 saturated carbocycles. The van der Waals surface area contributed by atoms with Crippen molar-refractivity contribution in [1.29, 1.82) is 0 Å². The Labute approximate surface area is 270 Å². The van der Waals surface area contributed by atoms with Crippen molar-refractivity contribution in [2.75, 3.05) is 0 Å². The summed E-state index contributed by atoms with van der Waals surface area (Å²) in [6.45, 7) is 11.1. The van der Waals surface area contributed by atoms with Crippen LogP contribution < -0.4 is 0 Å². The molecule has 2 aliphatic rings. The molecule has 5 heterocycles. The summed E-state index contributed by atoms with van der Waals surface area (Å²) in [6, 6.07) is 7.51. The first-order valence-electron chi connectivity index (χ1n) is 14.7. The maximum atomic E-state index is 11.6. The van der Waals surface area contributed by atoms with E-state index in [1.54, 1.807) is 13.8 Å². The van der Waals surface area contributed by atoms with Gasteiger partial charge in [-0.15, -0.1) is 0 Å². The van der Waals surface area contributed by atoms with Gasteiger partial charge in [0.2, 0.25) is 0 Å². The number of aryl methyl sites for hydroxylation is 3. The van der Waals surface area contributed by atoms with E-state index in [1.807, 2.05) is 52.0 Å². The van der Waals surface area contributed by atoms with Crippen LogP contribution in [0.2, 0.25) is 0 Å². The molecule has 0 fully saturated rings. The third-order valence-corrected chi connectivity index (χ3v) is 8.65. The molecule has 0 aromatic carbocycles. The molecule has 5 rings (SSSR count). The van der Waals surface area contributed by atoms with Gasteiger partial charge in [-0.2, -0.15) is 0 Å². The van der Waals surface area contributed by atoms with Crippen molar-refractivity contribution in [2.24, 2.45) is 0 Å². The normalized spacial score (nSPS) is 14.4. The van der Waals surface area contributed by atoms with Gasteiger partial charge in [0.1, 0.15) is 0 Å². The van der Waals surface area contributed by atoms with Gasteiger partial charge < -0.3 is 30.4 Å². The number of rotatable bonds is 8. The summed E-state index contributed by atoms with van der Waals surface area (Å²) in [4.78, 5) is 39.8. The second-order valence-corrected chi connectivity index (χ2v) is 11.7. The summed E-state index contributed by atoms with van der Waals surface area (Å²) in [7, 11) is 0. The Balaban J connectivity index is 0.00000461. The quantitative estimate of drug-likeness (QED) is 0.158. The second-order valence-electron chi connectivity index (χ2n) is 11.7. The van der Waals surface area contributed by atoms with E-state index in [0.29, 0.717) is 44.9 Å². The van der Waals surface area contributed by atoms with Crippen LogP contribution in [0.15, 0.2) is 24.3 Å². The van der Waals surface area contributed by atoms with E-state index in [1.165, 1.54) is 0 Å². The Hall–Kier alpha value is -4.05. The van der Waals surface area contributed by atoms with E-state index in [0.717, 1.165) is 44.4 Å². The van der Waals surface area contributed by atoms with E-state index in [4.69, 9.17) is 9.97 Å². The third kappa shape index (κ3) is 6.52. The van der Waals surface area contributed by atoms with E-state index >= 15 is 0 Å². The molecule has 0 radical (unpaired) electrons. The van der Waals surface area contributed by atoms with Crippen LogP contribution in [-0.4, -0.2) is 58.4 Å². The molecule has 10 nitrogen and oxygen atoms in total. The predicted molar refractivity (Wildman–Crippen MR) is 171 cm³/mol. The monoisotopic (exact) mass is 656 g/mol. The minimum absolute atomic E-state index is 0. The zero-order valence-electron chi connectivity index (χ0n) is 26.1. The number of carbonyl (C=O) groups is 2. The van der Waals surface area contributed by atoms with E-state index < -0.39 is 24.1 Å². The first-order chi connectivity index (χ1) is 20.8. The number of aliphatic hydroxyl groups excluding tert-OH is 2. The molecule has 3 aromatic rings. The number of nitrogens with zero attached hydrogens (tertiary/aromatic N) is 2. The van der Waals surface area contributed by atoms with Gasteiger partial charge in [0.25, 0.3) is 0 Å². The van der Waals surface area contributed by atoms with Gasteiger partial charge in [0.05, 0.1) is 35.0 Å². The number of aromatic nitrogens is 4. The molecule has 0 saturated heterocycles. The molecule has 45 heavy (non-hydrogen) atoms. The van der Waals surface area contributed by atoms with Gasteiger partial charge in [-0.25, -0.2) is 9.97 Å². The Morgan fingerprint density at radius 2 is 1.20 bits per heavy atom. The maximum absolute atomic E-state index is 11.6. The summed E-state index contributed by atoms with van der Waals surface area (Å²) in [5, 5.41) is 40.5. The molecular formula is C34H38N4NiO6. The molecule has 3 aromatic heterocycles. The Kier molecular flexibility index (Phi) is 9.87. The molecule has 2 aliphatic heterocycles. The van der Waals surface area contributed by atoms with Crippen LogP contribution in [-0.2, 0) is 32.5 Å². The number of aromatic amines is 2. The van der Waals surface area contributed by atoms with Crippen molar-refractivity contribution >= 4 is 56.3 Å². The average molecular weight is 657 g/mol. The molecule has 2 unspecified atom stereocenters. The number of nitrogens with one attached hydrogen (secondary N) is 2. The van der Waals surface area contributed by atoms with Gasteiger partial charge in [0, 0.05) is 62.5 Å². The Morgan fingerprint density at radius 3 is 1.82 bits per heavy atom. The molecular weight excluding hydrogens is 619 g/mol. The molecule has 0 amide bonds. The van der Waals surface area contributed by atoms with Crippen LogP contribution in [0.5, 0.6) is 0 Å². The van der Waals surface area contributed by atoms with Crippen molar-refractivity contribution in [1.82, 2.24) is 19.9 Å². The van der Waals surface area contributed by atoms with Gasteiger partial charge in [0.15, 0.2) is 0 Å². The molecule has 0 spiro atoms. The van der Waals surface area contributed by atoms with Crippen LogP contribution in [0.25, 0.3) is 44.4 Å². The number of hydrogen-bond acceptors (Lipinski definition) is 6. The van der Waals surface area contributed by atoms with Gasteiger partial charge >= 0.3 is 11.9 Å². The summed E-state index contributed by atoms with van der Waals surface area (Å²) < 4.78 is 0.